The molecular weight excluding hydrogens is 367 g/mol. The fourth-order valence-corrected chi connectivity index (χ4v) is 9.76. The van der Waals surface area contributed by atoms with Gasteiger partial charge in [0.25, 0.3) is 0 Å². The van der Waals surface area contributed by atoms with Crippen LogP contribution in [0, 0.1) is 24.2 Å². The molecule has 0 heterocycles. The van der Waals surface area contributed by atoms with Crippen molar-refractivity contribution in [1.29, 1.82) is 0 Å². The maximum absolute atomic E-state index is 14.8. The third-order valence-corrected chi connectivity index (χ3v) is 12.1. The van der Waals surface area contributed by atoms with Gasteiger partial charge < -0.3 is 9.47 Å². The number of rotatable bonds is 6. The van der Waals surface area contributed by atoms with Crippen LogP contribution in [0.15, 0.2) is 24.3 Å². The fourth-order valence-electron chi connectivity index (χ4n) is 4.56. The van der Waals surface area contributed by atoms with Crippen molar-refractivity contribution in [2.75, 3.05) is 13.9 Å². The topological polar surface area (TPSA) is 18.5 Å². The molecule has 0 amide bonds. The summed E-state index contributed by atoms with van der Waals surface area (Å²) in [5, 5.41) is 1.80. The molecule has 0 spiro atoms. The zero-order valence-electron chi connectivity index (χ0n) is 18.4. The second kappa shape index (κ2) is 9.11. The van der Waals surface area contributed by atoms with Crippen LogP contribution in [0.25, 0.3) is 10.8 Å². The molecule has 0 fully saturated rings. The average Bonchev–Trinajstić information content (AvgIpc) is 2.61. The summed E-state index contributed by atoms with van der Waals surface area (Å²) in [7, 11) is -0.347. The zero-order chi connectivity index (χ0) is 21.1. The summed E-state index contributed by atoms with van der Waals surface area (Å²) in [5.41, 5.74) is 6.64. The number of benzene rings is 2. The Hall–Kier alpha value is -1.83. The Morgan fingerprint density at radius 2 is 1.61 bits per heavy atom. The highest BCUT2D eigenvalue weighted by molar-refractivity contribution is 6.90. The predicted molar refractivity (Wildman–Crippen MR) is 119 cm³/mol. The molecule has 4 heteroatoms. The molecule has 0 unspecified atom stereocenters. The normalized spacial score (nSPS) is 12.0. The van der Waals surface area contributed by atoms with Crippen molar-refractivity contribution in [2.24, 2.45) is 0 Å². The molecule has 0 saturated heterocycles. The van der Waals surface area contributed by atoms with Gasteiger partial charge in [-0.25, -0.2) is 4.39 Å². The first-order valence-electron chi connectivity index (χ1n) is 10.0. The molecule has 28 heavy (non-hydrogen) atoms. The zero-order valence-corrected chi connectivity index (χ0v) is 19.4. The summed E-state index contributed by atoms with van der Waals surface area (Å²) < 4.78 is 25.4. The van der Waals surface area contributed by atoms with Crippen molar-refractivity contribution in [2.45, 2.75) is 65.1 Å². The third kappa shape index (κ3) is 4.26. The van der Waals surface area contributed by atoms with Crippen LogP contribution in [0.1, 0.15) is 52.7 Å². The second-order valence-corrected chi connectivity index (χ2v) is 14.0. The lowest BCUT2D eigenvalue weighted by Crippen LogP contribution is -2.43. The van der Waals surface area contributed by atoms with E-state index in [1.807, 2.05) is 19.1 Å². The molecule has 2 aromatic carbocycles. The molecule has 0 bridgehead atoms. The lowest BCUT2D eigenvalue weighted by Gasteiger charge is -2.38. The number of hydrogen-bond acceptors (Lipinski definition) is 2. The Balaban J connectivity index is 2.68. The Morgan fingerprint density at radius 3 is 2.14 bits per heavy atom. The SMILES string of the molecule is COCOc1cc(C)c2c(C#C[Si](C(C)C)(C(C)C)C(C)C)c(F)ccc2c1. The van der Waals surface area contributed by atoms with Crippen LogP contribution >= 0.6 is 0 Å². The summed E-state index contributed by atoms with van der Waals surface area (Å²) in [5.74, 6) is 3.77. The average molecular weight is 401 g/mol. The van der Waals surface area contributed by atoms with E-state index in [0.29, 0.717) is 27.9 Å². The van der Waals surface area contributed by atoms with Crippen LogP contribution in [0.4, 0.5) is 4.39 Å². The maximum atomic E-state index is 14.8. The Labute approximate surface area is 170 Å². The van der Waals surface area contributed by atoms with Crippen LogP contribution in [0.3, 0.4) is 0 Å². The minimum absolute atomic E-state index is 0.185. The molecule has 0 atom stereocenters. The summed E-state index contributed by atoms with van der Waals surface area (Å²) in [6.45, 7) is 15.8. The molecule has 0 radical (unpaired) electrons. The van der Waals surface area contributed by atoms with E-state index in [9.17, 15) is 4.39 Å². The van der Waals surface area contributed by atoms with Crippen molar-refractivity contribution in [3.63, 3.8) is 0 Å². The van der Waals surface area contributed by atoms with Crippen molar-refractivity contribution >= 4 is 18.8 Å². The van der Waals surface area contributed by atoms with Gasteiger partial charge >= 0.3 is 0 Å². The van der Waals surface area contributed by atoms with Gasteiger partial charge in [0, 0.05) is 12.5 Å². The lowest BCUT2D eigenvalue weighted by atomic mass is 9.99. The molecule has 0 aliphatic rings. The van der Waals surface area contributed by atoms with Gasteiger partial charge in [0.2, 0.25) is 0 Å². The van der Waals surface area contributed by atoms with Gasteiger partial charge in [-0.3, -0.25) is 0 Å². The van der Waals surface area contributed by atoms with E-state index in [4.69, 9.17) is 9.47 Å². The molecule has 152 valence electrons. The van der Waals surface area contributed by atoms with Crippen LogP contribution in [0.5, 0.6) is 5.75 Å². The quantitative estimate of drug-likeness (QED) is 0.300. The summed E-state index contributed by atoms with van der Waals surface area (Å²) >= 11 is 0. The first kappa shape index (κ1) is 22.5. The van der Waals surface area contributed by atoms with Crippen LogP contribution in [0.2, 0.25) is 16.6 Å². The lowest BCUT2D eigenvalue weighted by molar-refractivity contribution is 0.0512. The van der Waals surface area contributed by atoms with Gasteiger partial charge in [-0.05, 0) is 52.7 Å². The molecule has 0 saturated carbocycles. The van der Waals surface area contributed by atoms with Crippen LogP contribution in [-0.2, 0) is 4.74 Å². The number of fused-ring (bicyclic) bond motifs is 1. The van der Waals surface area contributed by atoms with E-state index in [-0.39, 0.29) is 12.6 Å². The van der Waals surface area contributed by atoms with Gasteiger partial charge in [0.1, 0.15) is 19.6 Å². The first-order valence-corrected chi connectivity index (χ1v) is 12.3. The van der Waals surface area contributed by atoms with E-state index >= 15 is 0 Å². The van der Waals surface area contributed by atoms with E-state index in [2.05, 4.69) is 53.0 Å². The highest BCUT2D eigenvalue weighted by Crippen LogP contribution is 2.41. The van der Waals surface area contributed by atoms with E-state index < -0.39 is 8.07 Å². The number of methoxy groups -OCH3 is 1. The molecule has 0 aliphatic heterocycles. The Bertz CT molecular complexity index is 869. The largest absolute Gasteiger partial charge is 0.468 e. The highest BCUT2D eigenvalue weighted by atomic mass is 28.3. The van der Waals surface area contributed by atoms with Crippen LogP contribution in [-0.4, -0.2) is 22.0 Å². The smallest absolute Gasteiger partial charge is 0.188 e. The van der Waals surface area contributed by atoms with Gasteiger partial charge in [-0.15, -0.1) is 5.54 Å². The molecule has 0 N–H and O–H groups in total. The molecular formula is C24H33FO2Si. The minimum Gasteiger partial charge on any atom is -0.468 e. The second-order valence-electron chi connectivity index (χ2n) is 8.46. The summed E-state index contributed by atoms with van der Waals surface area (Å²) in [6.07, 6.45) is 0. The number of ether oxygens (including phenoxy) is 2. The summed E-state index contributed by atoms with van der Waals surface area (Å²) in [6, 6.07) is 7.14. The van der Waals surface area contributed by atoms with Gasteiger partial charge in [0.05, 0.1) is 5.56 Å². The van der Waals surface area contributed by atoms with E-state index in [0.717, 1.165) is 16.3 Å². The first-order chi connectivity index (χ1) is 13.1. The van der Waals surface area contributed by atoms with Crippen molar-refractivity contribution in [1.82, 2.24) is 0 Å². The monoisotopic (exact) mass is 400 g/mol. The number of halogens is 1. The van der Waals surface area contributed by atoms with Gasteiger partial charge in [-0.2, -0.15) is 0 Å². The Kier molecular flexibility index (Phi) is 7.31. The van der Waals surface area contributed by atoms with Crippen molar-refractivity contribution < 1.29 is 13.9 Å². The van der Waals surface area contributed by atoms with Crippen molar-refractivity contribution in [3.8, 4) is 17.2 Å². The number of hydrogen-bond donors (Lipinski definition) is 0. The van der Waals surface area contributed by atoms with E-state index in [1.54, 1.807) is 13.2 Å². The molecule has 2 nitrogen and oxygen atoms in total. The Morgan fingerprint density at radius 1 is 1.00 bits per heavy atom. The minimum atomic E-state index is -1.94. The standard InChI is InChI=1S/C24H33FO2Si/c1-16(2)28(17(3)4,18(5)6)12-11-22-23(25)10-9-20-14-21(27-15-26-8)13-19(7)24(20)22/h9-10,13-14,16-18H,15H2,1-8H3. The van der Waals surface area contributed by atoms with Crippen LogP contribution < -0.4 is 4.74 Å². The highest BCUT2D eigenvalue weighted by Gasteiger charge is 2.41. The third-order valence-electron chi connectivity index (χ3n) is 5.85. The fraction of sp³-hybridized carbons (Fsp3) is 0.500. The number of aryl methyl sites for hydroxylation is 1. The molecule has 2 aromatic rings. The molecule has 2 rings (SSSR count). The van der Waals surface area contributed by atoms with Gasteiger partial charge in [0.15, 0.2) is 6.79 Å². The van der Waals surface area contributed by atoms with Gasteiger partial charge in [-0.1, -0.05) is 53.5 Å². The molecule has 0 aromatic heterocycles. The summed E-state index contributed by atoms with van der Waals surface area (Å²) in [4.78, 5) is 0. The van der Waals surface area contributed by atoms with Crippen molar-refractivity contribution in [3.05, 3.63) is 41.2 Å². The van der Waals surface area contributed by atoms with E-state index in [1.165, 1.54) is 6.07 Å². The maximum Gasteiger partial charge on any atom is 0.188 e. The predicted octanol–water partition coefficient (Wildman–Crippen LogP) is 6.84. The molecule has 0 aliphatic carbocycles.